The molecule has 0 saturated heterocycles. The molecule has 6 N–H and O–H groups in total. The molecular weight excluding hydrogens is 520 g/mol. The number of amides is 1. The van der Waals surface area contributed by atoms with Gasteiger partial charge >= 0.3 is 0 Å². The van der Waals surface area contributed by atoms with Gasteiger partial charge < -0.3 is 31.0 Å². The Morgan fingerprint density at radius 2 is 1.88 bits per heavy atom. The van der Waals surface area contributed by atoms with Crippen molar-refractivity contribution >= 4 is 28.9 Å². The Kier molecular flexibility index (Phi) is 7.81. The Morgan fingerprint density at radius 1 is 1.20 bits per heavy atom. The summed E-state index contributed by atoms with van der Waals surface area (Å²) in [5.74, 6) is -6.69. The van der Waals surface area contributed by atoms with E-state index in [0.29, 0.717) is 25.3 Å². The quantitative estimate of drug-likeness (QED) is 0.174. The third-order valence-corrected chi connectivity index (χ3v) is 7.99. The van der Waals surface area contributed by atoms with Crippen molar-refractivity contribution in [2.45, 2.75) is 44.9 Å². The summed E-state index contributed by atoms with van der Waals surface area (Å²) < 4.78 is 0. The van der Waals surface area contributed by atoms with Crippen molar-refractivity contribution in [3.05, 3.63) is 45.7 Å². The highest BCUT2D eigenvalue weighted by atomic mass is 16.6. The second kappa shape index (κ2) is 10.7. The summed E-state index contributed by atoms with van der Waals surface area (Å²) in [4.78, 5) is 47.8. The summed E-state index contributed by atoms with van der Waals surface area (Å²) in [7, 11) is 5.02. The number of nitrogens with zero attached hydrogens (tertiary/aromatic N) is 3. The molecule has 0 bridgehead atoms. The first-order valence-electron chi connectivity index (χ1n) is 13.1. The number of ketones is 2. The largest absolute Gasteiger partial charge is 0.508 e. The lowest BCUT2D eigenvalue weighted by Crippen LogP contribution is -2.65. The van der Waals surface area contributed by atoms with E-state index in [-0.39, 0.29) is 29.7 Å². The van der Waals surface area contributed by atoms with E-state index in [2.05, 4.69) is 5.16 Å². The van der Waals surface area contributed by atoms with E-state index in [0.717, 1.165) is 11.3 Å². The number of hydrogen-bond acceptors (Lipinski definition) is 11. The zero-order valence-electron chi connectivity index (χ0n) is 23.3. The maximum Gasteiger partial charge on any atom is 0.255 e. The molecule has 1 amide bonds. The number of likely N-dealkylation sites (N-methyl/N-ethyl adjacent to an activating group) is 1. The van der Waals surface area contributed by atoms with Gasteiger partial charge in [-0.25, -0.2) is 0 Å². The average Bonchev–Trinajstić information content (AvgIpc) is 2.86. The molecule has 12 nitrogen and oxygen atoms in total. The molecule has 216 valence electrons. The fraction of sp³-hybridized carbons (Fsp3) is 0.500. The number of aliphatic hydroxyl groups excluding tert-OH is 2. The van der Waals surface area contributed by atoms with Crippen LogP contribution < -0.4 is 5.73 Å². The summed E-state index contributed by atoms with van der Waals surface area (Å²) in [5, 5.41) is 48.8. The molecule has 1 aromatic carbocycles. The Labute approximate surface area is 232 Å². The number of benzene rings is 1. The summed E-state index contributed by atoms with van der Waals surface area (Å²) in [5.41, 5.74) is 3.97. The van der Waals surface area contributed by atoms with Crippen molar-refractivity contribution in [2.75, 3.05) is 34.3 Å². The van der Waals surface area contributed by atoms with E-state index in [1.807, 2.05) is 25.8 Å². The third kappa shape index (κ3) is 4.55. The number of aromatic hydroxyl groups is 1. The summed E-state index contributed by atoms with van der Waals surface area (Å²) in [6.45, 7) is 5.07. The van der Waals surface area contributed by atoms with E-state index in [1.165, 1.54) is 11.0 Å². The number of rotatable bonds is 8. The molecule has 1 aromatic rings. The molecule has 3 aliphatic carbocycles. The van der Waals surface area contributed by atoms with Crippen LogP contribution in [0.1, 0.15) is 37.0 Å². The number of aliphatic hydroxyl groups is 3. The van der Waals surface area contributed by atoms with Gasteiger partial charge in [0.05, 0.1) is 17.3 Å². The van der Waals surface area contributed by atoms with Crippen molar-refractivity contribution < 1.29 is 39.6 Å². The third-order valence-electron chi connectivity index (χ3n) is 7.99. The fourth-order valence-corrected chi connectivity index (χ4v) is 6.40. The SMILES string of the molecule is CCON=C(C)CN(C)Cc1ccc(O)c2c1C[C@H]1C[C@H]3[C@H](N(C)C)C(=O)C(C(N)=O)=C(O)[C@@]3(O)C(=O)C1=C2O. The zero-order valence-corrected chi connectivity index (χ0v) is 23.3. The Morgan fingerprint density at radius 3 is 2.48 bits per heavy atom. The first-order chi connectivity index (χ1) is 18.7. The zero-order chi connectivity index (χ0) is 29.7. The molecule has 4 rings (SSSR count). The van der Waals surface area contributed by atoms with Crippen LogP contribution in [-0.4, -0.2) is 99.3 Å². The maximum atomic E-state index is 13.9. The van der Waals surface area contributed by atoms with Gasteiger partial charge in [0, 0.05) is 24.6 Å². The molecule has 0 heterocycles. The average molecular weight is 557 g/mol. The highest BCUT2D eigenvalue weighted by Gasteiger charge is 2.64. The van der Waals surface area contributed by atoms with Crippen molar-refractivity contribution in [2.24, 2.45) is 22.7 Å². The number of hydrogen-bond donors (Lipinski definition) is 5. The topological polar surface area (TPSA) is 186 Å². The molecular formula is C28H36N4O8. The van der Waals surface area contributed by atoms with Crippen molar-refractivity contribution in [3.8, 4) is 5.75 Å². The fourth-order valence-electron chi connectivity index (χ4n) is 6.40. The van der Waals surface area contributed by atoms with Gasteiger partial charge in [-0.2, -0.15) is 0 Å². The standard InChI is InChI=1S/C28H36N4O8/c1-6-40-30-13(2)11-32(5)12-14-7-8-18(33)20-16(14)9-15-10-17-22(31(3)4)24(35)21(27(29)38)26(37)28(17,39)25(36)19(15)23(20)34/h7-8,15,17,22,33-34,37,39H,6,9-12H2,1-5H3,(H2,29,38)/t15-,17-,22-,28-/m0/s1. The predicted octanol–water partition coefficient (Wildman–Crippen LogP) is 0.808. The molecule has 0 radical (unpaired) electrons. The molecule has 40 heavy (non-hydrogen) atoms. The molecule has 1 fully saturated rings. The van der Waals surface area contributed by atoms with Crippen LogP contribution in [-0.2, 0) is 32.2 Å². The number of fused-ring (bicyclic) bond motifs is 3. The number of carbonyl (C=O) groups excluding carboxylic acids is 3. The number of oxime groups is 1. The normalized spacial score (nSPS) is 26.7. The number of nitrogens with two attached hydrogens (primary N) is 1. The first kappa shape index (κ1) is 29.2. The summed E-state index contributed by atoms with van der Waals surface area (Å²) in [6.07, 6.45) is 0.273. The van der Waals surface area contributed by atoms with E-state index in [9.17, 15) is 34.8 Å². The highest BCUT2D eigenvalue weighted by molar-refractivity contribution is 6.24. The van der Waals surface area contributed by atoms with Crippen LogP contribution in [0.25, 0.3) is 5.76 Å². The van der Waals surface area contributed by atoms with Gasteiger partial charge in [0.2, 0.25) is 5.78 Å². The minimum Gasteiger partial charge on any atom is -0.508 e. The van der Waals surface area contributed by atoms with Crippen LogP contribution in [0.4, 0.5) is 0 Å². The highest BCUT2D eigenvalue weighted by Crippen LogP contribution is 2.53. The Bertz CT molecular complexity index is 1360. The van der Waals surface area contributed by atoms with Gasteiger partial charge in [0.15, 0.2) is 11.4 Å². The van der Waals surface area contributed by atoms with Gasteiger partial charge in [-0.1, -0.05) is 11.2 Å². The molecule has 1 saturated carbocycles. The lowest BCUT2D eigenvalue weighted by molar-refractivity contribution is -0.153. The van der Waals surface area contributed by atoms with Crippen LogP contribution in [0.2, 0.25) is 0 Å². The van der Waals surface area contributed by atoms with E-state index in [1.54, 1.807) is 20.2 Å². The summed E-state index contributed by atoms with van der Waals surface area (Å²) >= 11 is 0. The van der Waals surface area contributed by atoms with Crippen LogP contribution in [0, 0.1) is 11.8 Å². The molecule has 0 unspecified atom stereocenters. The molecule has 0 aromatic heterocycles. The van der Waals surface area contributed by atoms with E-state index < -0.39 is 58.0 Å². The number of phenols is 1. The van der Waals surface area contributed by atoms with Crippen molar-refractivity contribution in [3.63, 3.8) is 0 Å². The Balaban J connectivity index is 1.81. The molecule has 0 spiro atoms. The van der Waals surface area contributed by atoms with Gasteiger partial charge in [-0.05, 0) is 70.9 Å². The first-order valence-corrected chi connectivity index (χ1v) is 13.1. The molecule has 3 aliphatic rings. The second-order valence-corrected chi connectivity index (χ2v) is 11.0. The monoisotopic (exact) mass is 556 g/mol. The van der Waals surface area contributed by atoms with Gasteiger partial charge in [-0.3, -0.25) is 24.2 Å². The lowest BCUT2D eigenvalue weighted by Gasteiger charge is -2.50. The molecule has 4 atom stereocenters. The maximum absolute atomic E-state index is 13.9. The number of phenolic OH excluding ortho intramolecular Hbond substituents is 1. The Hall–Kier alpha value is -3.74. The second-order valence-electron chi connectivity index (χ2n) is 11.0. The molecule has 12 heteroatoms. The minimum atomic E-state index is -2.66. The van der Waals surface area contributed by atoms with Crippen LogP contribution in [0.5, 0.6) is 5.75 Å². The smallest absolute Gasteiger partial charge is 0.255 e. The number of primary amides is 1. The molecule has 0 aliphatic heterocycles. The summed E-state index contributed by atoms with van der Waals surface area (Å²) in [6, 6.07) is 2.05. The van der Waals surface area contributed by atoms with E-state index in [4.69, 9.17) is 10.6 Å². The van der Waals surface area contributed by atoms with Crippen molar-refractivity contribution in [1.29, 1.82) is 0 Å². The lowest BCUT2D eigenvalue weighted by atomic mass is 9.57. The predicted molar refractivity (Wildman–Crippen MR) is 145 cm³/mol. The minimum absolute atomic E-state index is 0.0385. The van der Waals surface area contributed by atoms with Crippen LogP contribution in [0.15, 0.2) is 34.2 Å². The van der Waals surface area contributed by atoms with Gasteiger partial charge in [0.25, 0.3) is 5.91 Å². The van der Waals surface area contributed by atoms with Crippen molar-refractivity contribution in [1.82, 2.24) is 9.80 Å². The van der Waals surface area contributed by atoms with E-state index >= 15 is 0 Å². The van der Waals surface area contributed by atoms with Crippen LogP contribution in [0.3, 0.4) is 0 Å². The van der Waals surface area contributed by atoms with Crippen LogP contribution >= 0.6 is 0 Å². The number of Topliss-reactive ketones (excluding diaryl/α,β-unsaturated/α-hetero) is 2. The number of carbonyl (C=O) groups is 3. The van der Waals surface area contributed by atoms with Gasteiger partial charge in [-0.15, -0.1) is 0 Å². The van der Waals surface area contributed by atoms with Gasteiger partial charge in [0.1, 0.15) is 29.4 Å².